The summed E-state index contributed by atoms with van der Waals surface area (Å²) < 4.78 is 0.457. The SMILES string of the molecule is N#CC1(CC(=O)c2cc(NC(=O)C3C(c4cc(Br)cc(Br)c4)C3(Cl)Cl)ccc2Cl)CC1. The Morgan fingerprint density at radius 1 is 1.13 bits per heavy atom. The number of Topliss-reactive ketones (excluding diaryl/α,β-unsaturated/α-hetero) is 1. The van der Waals surface area contributed by atoms with Crippen LogP contribution in [0.5, 0.6) is 0 Å². The molecule has 2 saturated carbocycles. The van der Waals surface area contributed by atoms with E-state index in [1.807, 2.05) is 18.2 Å². The lowest BCUT2D eigenvalue weighted by molar-refractivity contribution is -0.117. The highest BCUT2D eigenvalue weighted by Crippen LogP contribution is 2.65. The number of nitrogens with zero attached hydrogens (tertiary/aromatic N) is 1. The van der Waals surface area contributed by atoms with Gasteiger partial charge in [0.2, 0.25) is 5.91 Å². The molecule has 4 rings (SSSR count). The summed E-state index contributed by atoms with van der Waals surface area (Å²) in [4.78, 5) is 25.6. The van der Waals surface area contributed by atoms with Crippen molar-refractivity contribution >= 4 is 84.0 Å². The lowest BCUT2D eigenvalue weighted by Crippen LogP contribution is -2.17. The van der Waals surface area contributed by atoms with Gasteiger partial charge in [-0.25, -0.2) is 0 Å². The van der Waals surface area contributed by atoms with Gasteiger partial charge >= 0.3 is 0 Å². The number of hydrogen-bond donors (Lipinski definition) is 1. The normalized spacial score (nSPS) is 22.3. The summed E-state index contributed by atoms with van der Waals surface area (Å²) in [5, 5.41) is 12.3. The van der Waals surface area contributed by atoms with Gasteiger partial charge in [-0.15, -0.1) is 23.2 Å². The number of halogens is 5. The Hall–Kier alpha value is -1.10. The van der Waals surface area contributed by atoms with Gasteiger partial charge in [-0.05, 0) is 54.8 Å². The van der Waals surface area contributed by atoms with Gasteiger partial charge in [-0.3, -0.25) is 9.59 Å². The molecule has 0 bridgehead atoms. The largest absolute Gasteiger partial charge is 0.326 e. The second kappa shape index (κ2) is 8.35. The topological polar surface area (TPSA) is 70.0 Å². The molecule has 2 aliphatic carbocycles. The third-order valence-corrected chi connectivity index (χ3v) is 7.89. The highest BCUT2D eigenvalue weighted by molar-refractivity contribution is 9.11. The van der Waals surface area contributed by atoms with Gasteiger partial charge in [0.1, 0.15) is 4.33 Å². The van der Waals surface area contributed by atoms with E-state index in [9.17, 15) is 14.9 Å². The number of anilines is 1. The van der Waals surface area contributed by atoms with Crippen LogP contribution in [0.4, 0.5) is 5.69 Å². The Bertz CT molecular complexity index is 1120. The number of ketones is 1. The number of hydrogen-bond acceptors (Lipinski definition) is 3. The maximum atomic E-state index is 12.9. The van der Waals surface area contributed by atoms with Crippen molar-refractivity contribution in [2.45, 2.75) is 29.5 Å². The molecule has 1 N–H and O–H groups in total. The quantitative estimate of drug-likeness (QED) is 0.278. The van der Waals surface area contributed by atoms with Gasteiger partial charge in [0, 0.05) is 32.5 Å². The summed E-state index contributed by atoms with van der Waals surface area (Å²) in [7, 11) is 0. The van der Waals surface area contributed by atoms with Crippen LogP contribution in [0.15, 0.2) is 45.3 Å². The summed E-state index contributed by atoms with van der Waals surface area (Å²) in [6, 6.07) is 12.6. The number of nitriles is 1. The summed E-state index contributed by atoms with van der Waals surface area (Å²) >= 11 is 26.0. The lowest BCUT2D eigenvalue weighted by Gasteiger charge is -2.10. The first-order valence-corrected chi connectivity index (χ1v) is 12.2. The van der Waals surface area contributed by atoms with Crippen LogP contribution in [0.3, 0.4) is 0 Å². The lowest BCUT2D eigenvalue weighted by atomic mass is 9.96. The smallest absolute Gasteiger partial charge is 0.231 e. The second-order valence-electron chi connectivity index (χ2n) is 8.01. The molecule has 0 aliphatic heterocycles. The summed E-state index contributed by atoms with van der Waals surface area (Å²) in [6.07, 6.45) is 1.55. The average Bonchev–Trinajstić information content (AvgIpc) is 3.57. The molecule has 31 heavy (non-hydrogen) atoms. The third kappa shape index (κ3) is 4.67. The third-order valence-electron chi connectivity index (χ3n) is 5.70. The standard InChI is InChI=1S/C22H15Br2Cl3N2O2/c23-12-5-11(6-13(24)7-12)18-19(22(18,26)27)20(31)29-14-1-2-16(25)15(8-14)17(30)9-21(10-28)3-4-21/h1-2,5-8,18-19H,3-4,9H2,(H,29,31). The Kier molecular flexibility index (Phi) is 6.22. The van der Waals surface area contributed by atoms with Crippen molar-refractivity contribution in [2.24, 2.45) is 11.3 Å². The number of benzene rings is 2. The Balaban J connectivity index is 1.51. The van der Waals surface area contributed by atoms with Crippen molar-refractivity contribution in [1.29, 1.82) is 5.26 Å². The highest BCUT2D eigenvalue weighted by Gasteiger charge is 2.67. The fourth-order valence-electron chi connectivity index (χ4n) is 3.74. The van der Waals surface area contributed by atoms with Crippen LogP contribution in [0.1, 0.15) is 41.1 Å². The molecule has 0 heterocycles. The maximum absolute atomic E-state index is 12.9. The van der Waals surface area contributed by atoms with Crippen molar-refractivity contribution in [2.75, 3.05) is 5.32 Å². The fourth-order valence-corrected chi connectivity index (χ4v) is 6.12. The first kappa shape index (κ1) is 23.1. The molecule has 2 aromatic rings. The second-order valence-corrected chi connectivity index (χ2v) is 11.7. The average molecular weight is 606 g/mol. The number of alkyl halides is 2. The van der Waals surface area contributed by atoms with Crippen molar-refractivity contribution in [3.8, 4) is 6.07 Å². The Morgan fingerprint density at radius 3 is 2.35 bits per heavy atom. The molecule has 0 radical (unpaired) electrons. The van der Waals surface area contributed by atoms with Gasteiger partial charge in [-0.2, -0.15) is 5.26 Å². The van der Waals surface area contributed by atoms with E-state index in [0.29, 0.717) is 18.5 Å². The molecule has 2 aliphatic rings. The van der Waals surface area contributed by atoms with Crippen LogP contribution >= 0.6 is 66.7 Å². The van der Waals surface area contributed by atoms with E-state index in [1.165, 1.54) is 6.07 Å². The molecule has 1 amide bonds. The van der Waals surface area contributed by atoms with Crippen LogP contribution in [0, 0.1) is 22.7 Å². The highest BCUT2D eigenvalue weighted by atomic mass is 79.9. The van der Waals surface area contributed by atoms with Gasteiger partial charge in [0.15, 0.2) is 5.78 Å². The number of carbonyl (C=O) groups is 2. The van der Waals surface area contributed by atoms with E-state index < -0.39 is 15.7 Å². The van der Waals surface area contributed by atoms with E-state index >= 15 is 0 Å². The molecular weight excluding hydrogens is 590 g/mol. The van der Waals surface area contributed by atoms with Crippen LogP contribution in [0.2, 0.25) is 5.02 Å². The fraction of sp³-hybridized carbons (Fsp3) is 0.318. The van der Waals surface area contributed by atoms with Gasteiger partial charge in [0.25, 0.3) is 0 Å². The molecular formula is C22H15Br2Cl3N2O2. The Labute approximate surface area is 211 Å². The molecule has 0 saturated heterocycles. The zero-order chi connectivity index (χ0) is 22.6. The minimum Gasteiger partial charge on any atom is -0.326 e. The van der Waals surface area contributed by atoms with Crippen LogP contribution in [0.25, 0.3) is 0 Å². The monoisotopic (exact) mass is 602 g/mol. The van der Waals surface area contributed by atoms with Crippen LogP contribution in [-0.4, -0.2) is 16.0 Å². The number of rotatable bonds is 6. The minimum absolute atomic E-state index is 0.121. The van der Waals surface area contributed by atoms with E-state index in [0.717, 1.165) is 14.5 Å². The predicted octanol–water partition coefficient (Wildman–Crippen LogP) is 7.27. The molecule has 2 aromatic carbocycles. The first-order chi connectivity index (χ1) is 14.6. The van der Waals surface area contributed by atoms with Crippen molar-refractivity contribution in [1.82, 2.24) is 0 Å². The molecule has 0 spiro atoms. The molecule has 0 aromatic heterocycles. The van der Waals surface area contributed by atoms with Crippen molar-refractivity contribution in [3.05, 3.63) is 61.5 Å². The van der Waals surface area contributed by atoms with Gasteiger partial charge in [0.05, 0.1) is 22.4 Å². The number of amides is 1. The number of carbonyl (C=O) groups excluding carboxylic acids is 2. The zero-order valence-corrected chi connectivity index (χ0v) is 21.3. The summed E-state index contributed by atoms with van der Waals surface area (Å²) in [5.41, 5.74) is 0.970. The maximum Gasteiger partial charge on any atom is 0.231 e. The Morgan fingerprint density at radius 2 is 1.77 bits per heavy atom. The molecule has 2 atom stereocenters. The van der Waals surface area contributed by atoms with Crippen molar-refractivity contribution < 1.29 is 9.59 Å². The summed E-state index contributed by atoms with van der Waals surface area (Å²) in [6.45, 7) is 0. The number of nitrogens with one attached hydrogen (secondary N) is 1. The van der Waals surface area contributed by atoms with Crippen LogP contribution < -0.4 is 5.32 Å². The minimum atomic E-state index is -1.24. The first-order valence-electron chi connectivity index (χ1n) is 9.45. The van der Waals surface area contributed by atoms with Crippen molar-refractivity contribution in [3.63, 3.8) is 0 Å². The van der Waals surface area contributed by atoms with E-state index in [2.05, 4.69) is 43.2 Å². The predicted molar refractivity (Wildman–Crippen MR) is 129 cm³/mol. The summed E-state index contributed by atoms with van der Waals surface area (Å²) in [5.74, 6) is -1.58. The molecule has 2 unspecified atom stereocenters. The van der Waals surface area contributed by atoms with Crippen LogP contribution in [-0.2, 0) is 4.79 Å². The molecule has 2 fully saturated rings. The zero-order valence-electron chi connectivity index (χ0n) is 15.9. The van der Waals surface area contributed by atoms with Gasteiger partial charge < -0.3 is 5.32 Å². The molecule has 160 valence electrons. The molecule has 9 heteroatoms. The van der Waals surface area contributed by atoms with E-state index in [-0.39, 0.29) is 34.6 Å². The molecule has 4 nitrogen and oxygen atoms in total. The van der Waals surface area contributed by atoms with E-state index in [4.69, 9.17) is 34.8 Å². The van der Waals surface area contributed by atoms with E-state index in [1.54, 1.807) is 12.1 Å². The van der Waals surface area contributed by atoms with Gasteiger partial charge in [-0.1, -0.05) is 43.5 Å².